The highest BCUT2D eigenvalue weighted by Gasteiger charge is 2.61. The molecular formula is C36H41N5O7. The van der Waals surface area contributed by atoms with Crippen molar-refractivity contribution in [1.29, 1.82) is 0 Å². The highest BCUT2D eigenvalue weighted by molar-refractivity contribution is 5.94. The van der Waals surface area contributed by atoms with Crippen LogP contribution in [0.15, 0.2) is 72.8 Å². The van der Waals surface area contributed by atoms with Gasteiger partial charge in [0, 0.05) is 37.1 Å². The number of amides is 3. The number of carbonyl (C=O) groups excluding carboxylic acids is 2. The normalized spacial score (nSPS) is 24.4. The second-order valence-corrected chi connectivity index (χ2v) is 12.5. The number of carboxylic acid groups (broad SMARTS) is 1. The molecule has 1 aromatic heterocycles. The zero-order valence-corrected chi connectivity index (χ0v) is 27.2. The van der Waals surface area contributed by atoms with Crippen LogP contribution in [-0.2, 0) is 16.1 Å². The molecule has 48 heavy (non-hydrogen) atoms. The van der Waals surface area contributed by atoms with Gasteiger partial charge in [-0.3, -0.25) is 4.79 Å². The van der Waals surface area contributed by atoms with E-state index in [0.717, 1.165) is 36.8 Å². The number of hydrogen-bond donors (Lipinski definition) is 2. The Kier molecular flexibility index (Phi) is 9.79. The number of nitrogens with zero attached hydrogens (tertiary/aromatic N) is 4. The lowest BCUT2D eigenvalue weighted by molar-refractivity contribution is -0.144. The van der Waals surface area contributed by atoms with Crippen LogP contribution in [0.1, 0.15) is 44.1 Å². The van der Waals surface area contributed by atoms with Crippen LogP contribution in [0.3, 0.4) is 0 Å². The number of aliphatic carboxylic acids is 1. The van der Waals surface area contributed by atoms with Crippen LogP contribution in [-0.4, -0.2) is 87.8 Å². The molecule has 3 aromatic rings. The van der Waals surface area contributed by atoms with Gasteiger partial charge < -0.3 is 34.4 Å². The average Bonchev–Trinajstić information content (AvgIpc) is 3.64. The van der Waals surface area contributed by atoms with Crippen molar-refractivity contribution in [2.24, 2.45) is 5.92 Å². The third kappa shape index (κ3) is 7.22. The van der Waals surface area contributed by atoms with Crippen LogP contribution in [0.5, 0.6) is 17.6 Å². The Hall–Kier alpha value is -5.13. The largest absolute Gasteiger partial charge is 0.497 e. The van der Waals surface area contributed by atoms with Crippen molar-refractivity contribution in [1.82, 2.24) is 25.1 Å². The molecule has 4 atom stereocenters. The summed E-state index contributed by atoms with van der Waals surface area (Å²) in [5, 5.41) is 13.0. The standard InChI is InChI=1S/C36H41N5O7/c1-46-27-16-14-24(15-17-27)22-40-18-10-5-3-4-9-13-26-21-36(26,33(43)44)39-32(42)30-19-28(23-41(30)35(40)45)48-31-20-29(37-34(38-31)47-2)25-11-7-6-8-12-25/h6-9,11-17,20,26,28,30H,3-5,10,18-19,21-23H2,1-2H3,(H,39,42)(H,43,44)/t26-,28-,30+,36-/m1/s1. The van der Waals surface area contributed by atoms with Gasteiger partial charge in [-0.05, 0) is 43.4 Å². The maximum absolute atomic E-state index is 14.4. The van der Waals surface area contributed by atoms with E-state index in [1.807, 2.05) is 66.7 Å². The highest BCUT2D eigenvalue weighted by atomic mass is 16.5. The number of nitrogens with one attached hydrogen (secondary N) is 1. The van der Waals surface area contributed by atoms with Crippen molar-refractivity contribution in [3.8, 4) is 28.9 Å². The molecule has 2 aliphatic heterocycles. The van der Waals surface area contributed by atoms with Crippen molar-refractivity contribution >= 4 is 17.9 Å². The van der Waals surface area contributed by atoms with Crippen molar-refractivity contribution in [2.45, 2.75) is 62.8 Å². The molecule has 2 fully saturated rings. The Balaban J connectivity index is 1.30. The van der Waals surface area contributed by atoms with Gasteiger partial charge in [-0.2, -0.15) is 9.97 Å². The molecular weight excluding hydrogens is 614 g/mol. The maximum atomic E-state index is 14.4. The maximum Gasteiger partial charge on any atom is 0.330 e. The van der Waals surface area contributed by atoms with E-state index in [0.29, 0.717) is 31.0 Å². The van der Waals surface area contributed by atoms with Gasteiger partial charge in [-0.15, -0.1) is 0 Å². The number of aromatic nitrogens is 2. The fourth-order valence-corrected chi connectivity index (χ4v) is 6.47. The van der Waals surface area contributed by atoms with Gasteiger partial charge in [0.2, 0.25) is 11.8 Å². The van der Waals surface area contributed by atoms with E-state index >= 15 is 0 Å². The van der Waals surface area contributed by atoms with Crippen molar-refractivity contribution in [3.63, 3.8) is 0 Å². The van der Waals surface area contributed by atoms with Gasteiger partial charge in [0.15, 0.2) is 0 Å². The smallest absolute Gasteiger partial charge is 0.330 e. The third-order valence-corrected chi connectivity index (χ3v) is 9.25. The monoisotopic (exact) mass is 655 g/mol. The van der Waals surface area contributed by atoms with E-state index in [9.17, 15) is 19.5 Å². The molecule has 3 amide bonds. The molecule has 0 unspecified atom stereocenters. The molecule has 2 N–H and O–H groups in total. The summed E-state index contributed by atoms with van der Waals surface area (Å²) in [6.45, 7) is 0.937. The fourth-order valence-electron chi connectivity index (χ4n) is 6.47. The van der Waals surface area contributed by atoms with E-state index in [1.54, 1.807) is 18.1 Å². The van der Waals surface area contributed by atoms with Crippen LogP contribution in [0, 0.1) is 5.92 Å². The van der Waals surface area contributed by atoms with Gasteiger partial charge in [0.1, 0.15) is 23.4 Å². The lowest BCUT2D eigenvalue weighted by atomic mass is 10.1. The summed E-state index contributed by atoms with van der Waals surface area (Å²) in [5.74, 6) is -0.948. The Labute approximate surface area is 279 Å². The first-order chi connectivity index (χ1) is 23.3. The van der Waals surface area contributed by atoms with Crippen molar-refractivity contribution in [2.75, 3.05) is 27.3 Å². The van der Waals surface area contributed by atoms with E-state index in [1.165, 1.54) is 12.0 Å². The summed E-state index contributed by atoms with van der Waals surface area (Å²) >= 11 is 0. The first-order valence-corrected chi connectivity index (χ1v) is 16.4. The average molecular weight is 656 g/mol. The molecule has 6 rings (SSSR count). The molecule has 1 saturated heterocycles. The number of carboxylic acids is 1. The number of benzene rings is 2. The molecule has 1 aliphatic carbocycles. The number of rotatable bonds is 8. The molecule has 3 heterocycles. The molecule has 252 valence electrons. The van der Waals surface area contributed by atoms with E-state index in [-0.39, 0.29) is 36.8 Å². The minimum atomic E-state index is -1.39. The zero-order chi connectivity index (χ0) is 33.7. The van der Waals surface area contributed by atoms with Crippen LogP contribution in [0.2, 0.25) is 0 Å². The summed E-state index contributed by atoms with van der Waals surface area (Å²) in [6.07, 6.45) is 7.16. The number of methoxy groups -OCH3 is 2. The van der Waals surface area contributed by atoms with Gasteiger partial charge in [-0.25, -0.2) is 9.59 Å². The van der Waals surface area contributed by atoms with Crippen LogP contribution in [0.25, 0.3) is 11.3 Å². The molecule has 0 bridgehead atoms. The Morgan fingerprint density at radius 1 is 1.02 bits per heavy atom. The van der Waals surface area contributed by atoms with Crippen LogP contribution < -0.4 is 19.5 Å². The van der Waals surface area contributed by atoms with E-state index in [4.69, 9.17) is 14.2 Å². The summed E-state index contributed by atoms with van der Waals surface area (Å²) in [7, 11) is 3.08. The van der Waals surface area contributed by atoms with E-state index in [2.05, 4.69) is 15.3 Å². The summed E-state index contributed by atoms with van der Waals surface area (Å²) in [5.41, 5.74) is 0.971. The molecule has 0 radical (unpaired) electrons. The minimum absolute atomic E-state index is 0.104. The molecule has 1 saturated carbocycles. The first kappa shape index (κ1) is 32.8. The molecule has 12 nitrogen and oxygen atoms in total. The number of carbonyl (C=O) groups is 3. The lowest BCUT2D eigenvalue weighted by Crippen LogP contribution is -2.55. The minimum Gasteiger partial charge on any atom is -0.497 e. The molecule has 2 aromatic carbocycles. The summed E-state index contributed by atoms with van der Waals surface area (Å²) < 4.78 is 17.0. The third-order valence-electron chi connectivity index (χ3n) is 9.25. The second-order valence-electron chi connectivity index (χ2n) is 12.5. The zero-order valence-electron chi connectivity index (χ0n) is 27.2. The highest BCUT2D eigenvalue weighted by Crippen LogP contribution is 2.45. The summed E-state index contributed by atoms with van der Waals surface area (Å²) in [4.78, 5) is 52.9. The number of fused-ring (bicyclic) bond motifs is 2. The number of ether oxygens (including phenoxy) is 3. The second kappa shape index (κ2) is 14.3. The van der Waals surface area contributed by atoms with Gasteiger partial charge in [0.25, 0.3) is 0 Å². The Morgan fingerprint density at radius 3 is 2.54 bits per heavy atom. The first-order valence-electron chi connectivity index (χ1n) is 16.4. The lowest BCUT2D eigenvalue weighted by Gasteiger charge is -2.32. The molecule has 0 spiro atoms. The van der Waals surface area contributed by atoms with Gasteiger partial charge >= 0.3 is 18.0 Å². The predicted octanol–water partition coefficient (Wildman–Crippen LogP) is 4.69. The quantitative estimate of drug-likeness (QED) is 0.330. The van der Waals surface area contributed by atoms with Crippen molar-refractivity contribution in [3.05, 3.63) is 78.4 Å². The predicted molar refractivity (Wildman–Crippen MR) is 177 cm³/mol. The number of hydrogen-bond acceptors (Lipinski definition) is 8. The molecule has 12 heteroatoms. The Morgan fingerprint density at radius 2 is 1.81 bits per heavy atom. The van der Waals surface area contributed by atoms with Gasteiger partial charge in [0.05, 0.1) is 26.5 Å². The van der Waals surface area contributed by atoms with E-state index < -0.39 is 29.6 Å². The molecule has 3 aliphatic rings. The fraction of sp³-hybridized carbons (Fsp3) is 0.417. The van der Waals surface area contributed by atoms with Crippen LogP contribution in [0.4, 0.5) is 4.79 Å². The van der Waals surface area contributed by atoms with Crippen molar-refractivity contribution < 1.29 is 33.7 Å². The van der Waals surface area contributed by atoms with Gasteiger partial charge in [-0.1, -0.05) is 61.0 Å². The topological polar surface area (TPSA) is 143 Å². The number of allylic oxidation sites excluding steroid dienone is 1. The van der Waals surface area contributed by atoms with Crippen LogP contribution >= 0.6 is 0 Å². The number of urea groups is 1. The summed E-state index contributed by atoms with van der Waals surface area (Å²) in [6, 6.07) is 17.6. The Bertz CT molecular complexity index is 1650. The SMILES string of the molecule is COc1ccc(CN2CCCCCC=C[C@@H]3C[C@@]3(C(=O)O)NC(=O)[C@@H]3C[C@@H](Oc4cc(-c5ccccc5)nc(OC)n4)CN3C2=O)cc1.